The molecule has 2 aromatic carbocycles. The van der Waals surface area contributed by atoms with Gasteiger partial charge in [0.2, 0.25) is 0 Å². The number of phenols is 1. The molecule has 0 spiro atoms. The van der Waals surface area contributed by atoms with Crippen LogP contribution in [0.1, 0.15) is 24.1 Å². The van der Waals surface area contributed by atoms with Crippen LogP contribution < -0.4 is 10.1 Å². The molecule has 0 fully saturated rings. The second-order valence-corrected chi connectivity index (χ2v) is 5.18. The molecule has 2 aromatic rings. The summed E-state index contributed by atoms with van der Waals surface area (Å²) in [6.45, 7) is 4.00. The fourth-order valence-corrected chi connectivity index (χ4v) is 2.29. The molecule has 2 rings (SSSR count). The minimum absolute atomic E-state index is 0.0271. The Balaban J connectivity index is 2.23. The van der Waals surface area contributed by atoms with Gasteiger partial charge in [0.15, 0.2) is 0 Å². The maximum Gasteiger partial charge on any atom is 0.139 e. The molecule has 0 saturated heterocycles. The highest BCUT2D eigenvalue weighted by Crippen LogP contribution is 2.31. The van der Waals surface area contributed by atoms with Crippen molar-refractivity contribution < 1.29 is 9.84 Å². The zero-order valence-electron chi connectivity index (χ0n) is 11.8. The van der Waals surface area contributed by atoms with E-state index in [1.165, 1.54) is 0 Å². The van der Waals surface area contributed by atoms with Gasteiger partial charge >= 0.3 is 0 Å². The summed E-state index contributed by atoms with van der Waals surface area (Å²) in [5.74, 6) is 0.911. The molecule has 0 bridgehead atoms. The highest BCUT2D eigenvalue weighted by atomic mass is 35.5. The van der Waals surface area contributed by atoms with Crippen molar-refractivity contribution in [3.8, 4) is 11.5 Å². The van der Waals surface area contributed by atoms with Gasteiger partial charge in [-0.25, -0.2) is 0 Å². The van der Waals surface area contributed by atoms with E-state index >= 15 is 0 Å². The first kappa shape index (κ1) is 14.5. The number of anilines is 1. The number of methoxy groups -OCH3 is 1. The number of phenolic OH excluding ortho intramolecular Hbond substituents is 1. The van der Waals surface area contributed by atoms with E-state index in [1.807, 2.05) is 38.1 Å². The number of benzene rings is 2. The van der Waals surface area contributed by atoms with E-state index in [-0.39, 0.29) is 11.8 Å². The maximum absolute atomic E-state index is 9.94. The summed E-state index contributed by atoms with van der Waals surface area (Å²) in [5, 5.41) is 13.8. The number of hydrogen-bond acceptors (Lipinski definition) is 3. The molecule has 1 atom stereocenters. The Labute approximate surface area is 124 Å². The monoisotopic (exact) mass is 291 g/mol. The molecule has 1 unspecified atom stereocenters. The van der Waals surface area contributed by atoms with Crippen LogP contribution in [0, 0.1) is 6.92 Å². The average molecular weight is 292 g/mol. The lowest BCUT2D eigenvalue weighted by Gasteiger charge is -2.18. The van der Waals surface area contributed by atoms with Gasteiger partial charge in [0.05, 0.1) is 18.2 Å². The van der Waals surface area contributed by atoms with Gasteiger partial charge in [0, 0.05) is 17.3 Å². The number of ether oxygens (including phenoxy) is 1. The Bertz CT molecular complexity index is 613. The topological polar surface area (TPSA) is 41.5 Å². The number of halogens is 1. The zero-order valence-corrected chi connectivity index (χ0v) is 12.5. The van der Waals surface area contributed by atoms with Gasteiger partial charge in [-0.1, -0.05) is 29.3 Å². The molecule has 3 nitrogen and oxygen atoms in total. The smallest absolute Gasteiger partial charge is 0.139 e. The summed E-state index contributed by atoms with van der Waals surface area (Å²) in [5.41, 5.74) is 2.86. The number of hydrogen-bond donors (Lipinski definition) is 2. The van der Waals surface area contributed by atoms with Crippen LogP contribution in [0.2, 0.25) is 5.02 Å². The van der Waals surface area contributed by atoms with Crippen LogP contribution in [0.15, 0.2) is 36.4 Å². The van der Waals surface area contributed by atoms with E-state index in [9.17, 15) is 5.11 Å². The molecular formula is C16H18ClNO2. The van der Waals surface area contributed by atoms with Crippen molar-refractivity contribution in [3.63, 3.8) is 0 Å². The van der Waals surface area contributed by atoms with Crippen LogP contribution in [0.4, 0.5) is 5.69 Å². The first-order valence-corrected chi connectivity index (χ1v) is 6.78. The second kappa shape index (κ2) is 6.06. The first-order valence-electron chi connectivity index (χ1n) is 6.41. The van der Waals surface area contributed by atoms with Crippen LogP contribution in [-0.2, 0) is 0 Å². The summed E-state index contributed by atoms with van der Waals surface area (Å²) in [7, 11) is 1.58. The van der Waals surface area contributed by atoms with Gasteiger partial charge in [-0.15, -0.1) is 0 Å². The molecule has 0 heterocycles. The van der Waals surface area contributed by atoms with Crippen LogP contribution in [0.3, 0.4) is 0 Å². The predicted molar refractivity (Wildman–Crippen MR) is 82.9 cm³/mol. The van der Waals surface area contributed by atoms with Crippen LogP contribution in [-0.4, -0.2) is 12.2 Å². The molecule has 0 aliphatic rings. The van der Waals surface area contributed by atoms with Gasteiger partial charge < -0.3 is 15.2 Å². The van der Waals surface area contributed by atoms with Crippen molar-refractivity contribution >= 4 is 17.3 Å². The maximum atomic E-state index is 9.94. The van der Waals surface area contributed by atoms with E-state index < -0.39 is 0 Å². The van der Waals surface area contributed by atoms with Crippen molar-refractivity contribution in [2.45, 2.75) is 19.9 Å². The molecule has 0 aliphatic heterocycles. The van der Waals surface area contributed by atoms with Crippen molar-refractivity contribution in [1.82, 2.24) is 0 Å². The van der Waals surface area contributed by atoms with Crippen LogP contribution >= 0.6 is 11.6 Å². The Kier molecular flexibility index (Phi) is 4.40. The van der Waals surface area contributed by atoms with Crippen molar-refractivity contribution in [2.24, 2.45) is 0 Å². The van der Waals surface area contributed by atoms with Gasteiger partial charge in [-0.3, -0.25) is 0 Å². The molecule has 20 heavy (non-hydrogen) atoms. The average Bonchev–Trinajstić information content (AvgIpc) is 2.43. The molecule has 0 saturated carbocycles. The summed E-state index contributed by atoms with van der Waals surface area (Å²) < 4.78 is 5.19. The minimum Gasteiger partial charge on any atom is -0.508 e. The number of aryl methyl sites for hydroxylation is 1. The van der Waals surface area contributed by atoms with E-state index in [1.54, 1.807) is 19.2 Å². The highest BCUT2D eigenvalue weighted by Gasteiger charge is 2.11. The van der Waals surface area contributed by atoms with Gasteiger partial charge in [0.1, 0.15) is 11.5 Å². The normalized spacial score (nSPS) is 12.0. The van der Waals surface area contributed by atoms with Crippen molar-refractivity contribution in [1.29, 1.82) is 0 Å². The zero-order chi connectivity index (χ0) is 14.7. The quantitative estimate of drug-likeness (QED) is 0.869. The lowest BCUT2D eigenvalue weighted by Crippen LogP contribution is -2.07. The SMILES string of the molecule is COc1cc(NC(C)c2cc(C)ccc2O)ccc1Cl. The molecule has 0 aromatic heterocycles. The summed E-state index contributed by atoms with van der Waals surface area (Å²) in [6, 6.07) is 11.1. The van der Waals surface area contributed by atoms with E-state index in [4.69, 9.17) is 16.3 Å². The standard InChI is InChI=1S/C16H18ClNO2/c1-10-4-7-15(19)13(8-10)11(2)18-12-5-6-14(17)16(9-12)20-3/h4-9,11,18-19H,1-3H3. The number of nitrogens with one attached hydrogen (secondary N) is 1. The largest absolute Gasteiger partial charge is 0.508 e. The van der Waals surface area contributed by atoms with Gasteiger partial charge in [0.25, 0.3) is 0 Å². The van der Waals surface area contributed by atoms with E-state index in [2.05, 4.69) is 5.32 Å². The second-order valence-electron chi connectivity index (χ2n) is 4.78. The highest BCUT2D eigenvalue weighted by molar-refractivity contribution is 6.32. The summed E-state index contributed by atoms with van der Waals surface area (Å²) >= 11 is 6.00. The van der Waals surface area contributed by atoms with E-state index in [0.717, 1.165) is 16.8 Å². The van der Waals surface area contributed by atoms with Gasteiger partial charge in [-0.05, 0) is 32.0 Å². The Morgan fingerprint density at radius 2 is 1.95 bits per heavy atom. The van der Waals surface area contributed by atoms with Gasteiger partial charge in [-0.2, -0.15) is 0 Å². The Morgan fingerprint density at radius 1 is 1.20 bits per heavy atom. The fraction of sp³-hybridized carbons (Fsp3) is 0.250. The van der Waals surface area contributed by atoms with Crippen LogP contribution in [0.5, 0.6) is 11.5 Å². The molecule has 2 N–H and O–H groups in total. The molecule has 106 valence electrons. The Hall–Kier alpha value is -1.87. The molecular weight excluding hydrogens is 274 g/mol. The number of rotatable bonds is 4. The molecule has 4 heteroatoms. The Morgan fingerprint density at radius 3 is 2.65 bits per heavy atom. The molecule has 0 amide bonds. The van der Waals surface area contributed by atoms with Crippen LogP contribution in [0.25, 0.3) is 0 Å². The van der Waals surface area contributed by atoms with E-state index in [0.29, 0.717) is 10.8 Å². The number of aromatic hydroxyl groups is 1. The molecule has 0 aliphatic carbocycles. The third-order valence-electron chi connectivity index (χ3n) is 3.18. The molecule has 0 radical (unpaired) electrons. The van der Waals surface area contributed by atoms with Crippen molar-refractivity contribution in [2.75, 3.05) is 12.4 Å². The lowest BCUT2D eigenvalue weighted by atomic mass is 10.0. The predicted octanol–water partition coefficient (Wildman–Crippen LogP) is 4.54. The fourth-order valence-electron chi connectivity index (χ4n) is 2.10. The minimum atomic E-state index is -0.0271. The third-order valence-corrected chi connectivity index (χ3v) is 3.50. The summed E-state index contributed by atoms with van der Waals surface area (Å²) in [4.78, 5) is 0. The van der Waals surface area contributed by atoms with Crippen molar-refractivity contribution in [3.05, 3.63) is 52.5 Å². The first-order chi connectivity index (χ1) is 9.51. The lowest BCUT2D eigenvalue weighted by molar-refractivity contribution is 0.415. The summed E-state index contributed by atoms with van der Waals surface area (Å²) in [6.07, 6.45) is 0. The third kappa shape index (κ3) is 3.17.